The molecule has 86 valence electrons. The van der Waals surface area contributed by atoms with Gasteiger partial charge in [-0.3, -0.25) is 4.90 Å². The molecule has 0 aliphatic heterocycles. The van der Waals surface area contributed by atoms with E-state index in [4.69, 9.17) is 9.84 Å². The second kappa shape index (κ2) is 7.21. The highest BCUT2D eigenvalue weighted by atomic mass is 16.5. The van der Waals surface area contributed by atoms with Crippen molar-refractivity contribution in [3.63, 3.8) is 0 Å². The Morgan fingerprint density at radius 3 is 2.21 bits per heavy atom. The SMILES string of the molecule is COCCN(CCO)CCC(C)(C)C. The number of rotatable bonds is 7. The maximum Gasteiger partial charge on any atom is 0.0589 e. The van der Waals surface area contributed by atoms with Crippen LogP contribution in [0.1, 0.15) is 27.2 Å². The Bertz CT molecular complexity index is 132. The molecule has 0 unspecified atom stereocenters. The minimum absolute atomic E-state index is 0.230. The van der Waals surface area contributed by atoms with Crippen LogP contribution in [0.4, 0.5) is 0 Å². The van der Waals surface area contributed by atoms with E-state index in [1.165, 1.54) is 0 Å². The zero-order chi connectivity index (χ0) is 11.0. The Hall–Kier alpha value is -0.120. The van der Waals surface area contributed by atoms with E-state index in [9.17, 15) is 0 Å². The average Bonchev–Trinajstić information content (AvgIpc) is 2.08. The minimum atomic E-state index is 0.230. The molecule has 0 amide bonds. The first-order valence-corrected chi connectivity index (χ1v) is 5.32. The van der Waals surface area contributed by atoms with Gasteiger partial charge in [-0.05, 0) is 18.4 Å². The molecule has 0 saturated carbocycles. The summed E-state index contributed by atoms with van der Waals surface area (Å²) in [4.78, 5) is 2.24. The molecule has 0 aromatic carbocycles. The fourth-order valence-corrected chi connectivity index (χ4v) is 1.19. The van der Waals surface area contributed by atoms with Gasteiger partial charge >= 0.3 is 0 Å². The van der Waals surface area contributed by atoms with Crippen molar-refractivity contribution in [1.29, 1.82) is 0 Å². The van der Waals surface area contributed by atoms with Crippen LogP contribution in [0.2, 0.25) is 0 Å². The first-order valence-electron chi connectivity index (χ1n) is 5.32. The Balaban J connectivity index is 3.72. The zero-order valence-electron chi connectivity index (χ0n) is 10.0. The highest BCUT2D eigenvalue weighted by molar-refractivity contribution is 4.66. The molecule has 0 aliphatic rings. The number of aliphatic hydroxyl groups is 1. The lowest BCUT2D eigenvalue weighted by Gasteiger charge is -2.25. The maximum absolute atomic E-state index is 8.88. The van der Waals surface area contributed by atoms with Crippen LogP contribution < -0.4 is 0 Å². The summed E-state index contributed by atoms with van der Waals surface area (Å²) in [7, 11) is 1.71. The summed E-state index contributed by atoms with van der Waals surface area (Å²) >= 11 is 0. The molecule has 3 heteroatoms. The van der Waals surface area contributed by atoms with Gasteiger partial charge in [-0.1, -0.05) is 20.8 Å². The van der Waals surface area contributed by atoms with E-state index in [1.807, 2.05) is 0 Å². The van der Waals surface area contributed by atoms with E-state index in [1.54, 1.807) is 7.11 Å². The smallest absolute Gasteiger partial charge is 0.0589 e. The van der Waals surface area contributed by atoms with E-state index in [0.29, 0.717) is 5.41 Å². The van der Waals surface area contributed by atoms with Gasteiger partial charge in [0.05, 0.1) is 13.2 Å². The van der Waals surface area contributed by atoms with Crippen LogP contribution in [-0.4, -0.2) is 50.0 Å². The maximum atomic E-state index is 8.88. The molecular weight excluding hydrogens is 178 g/mol. The topological polar surface area (TPSA) is 32.7 Å². The van der Waals surface area contributed by atoms with Crippen molar-refractivity contribution in [1.82, 2.24) is 4.90 Å². The lowest BCUT2D eigenvalue weighted by molar-refractivity contribution is 0.122. The molecule has 0 aromatic rings. The summed E-state index contributed by atoms with van der Waals surface area (Å²) in [6, 6.07) is 0. The fraction of sp³-hybridized carbons (Fsp3) is 1.00. The van der Waals surface area contributed by atoms with Crippen LogP contribution in [0.15, 0.2) is 0 Å². The van der Waals surface area contributed by atoms with Crippen LogP contribution in [0.5, 0.6) is 0 Å². The molecule has 1 N–H and O–H groups in total. The van der Waals surface area contributed by atoms with Gasteiger partial charge in [0.25, 0.3) is 0 Å². The minimum Gasteiger partial charge on any atom is -0.395 e. The molecule has 0 radical (unpaired) electrons. The molecule has 0 heterocycles. The normalized spacial score (nSPS) is 12.4. The van der Waals surface area contributed by atoms with Crippen molar-refractivity contribution >= 4 is 0 Å². The predicted octanol–water partition coefficient (Wildman–Crippen LogP) is 1.36. The summed E-state index contributed by atoms with van der Waals surface area (Å²) in [5, 5.41) is 8.88. The monoisotopic (exact) mass is 203 g/mol. The van der Waals surface area contributed by atoms with E-state index >= 15 is 0 Å². The molecular formula is C11H25NO2. The Kier molecular flexibility index (Phi) is 7.15. The largest absolute Gasteiger partial charge is 0.395 e. The molecule has 0 spiro atoms. The molecule has 0 aliphatic carbocycles. The third-order valence-corrected chi connectivity index (χ3v) is 2.21. The van der Waals surface area contributed by atoms with Crippen molar-refractivity contribution in [2.75, 3.05) is 40.0 Å². The molecule has 3 nitrogen and oxygen atoms in total. The molecule has 0 aromatic heterocycles. The fourth-order valence-electron chi connectivity index (χ4n) is 1.19. The number of ether oxygens (including phenoxy) is 1. The van der Waals surface area contributed by atoms with Crippen molar-refractivity contribution in [3.8, 4) is 0 Å². The summed E-state index contributed by atoms with van der Waals surface area (Å²) < 4.78 is 5.03. The number of aliphatic hydroxyl groups excluding tert-OH is 1. The summed E-state index contributed by atoms with van der Waals surface area (Å²) in [6.07, 6.45) is 1.15. The third-order valence-electron chi connectivity index (χ3n) is 2.21. The second-order valence-electron chi connectivity index (χ2n) is 4.87. The van der Waals surface area contributed by atoms with Gasteiger partial charge in [-0.2, -0.15) is 0 Å². The quantitative estimate of drug-likeness (QED) is 0.678. The molecule has 0 rings (SSSR count). The third kappa shape index (κ3) is 8.48. The van der Waals surface area contributed by atoms with Crippen molar-refractivity contribution in [2.45, 2.75) is 27.2 Å². The van der Waals surface area contributed by atoms with E-state index in [2.05, 4.69) is 25.7 Å². The molecule has 0 saturated heterocycles. The van der Waals surface area contributed by atoms with Gasteiger partial charge in [0, 0.05) is 20.2 Å². The Morgan fingerprint density at radius 1 is 1.14 bits per heavy atom. The highest BCUT2D eigenvalue weighted by Gasteiger charge is 2.12. The van der Waals surface area contributed by atoms with Crippen molar-refractivity contribution in [2.24, 2.45) is 5.41 Å². The van der Waals surface area contributed by atoms with Gasteiger partial charge in [-0.15, -0.1) is 0 Å². The molecule has 0 atom stereocenters. The Labute approximate surface area is 88.1 Å². The summed E-state index contributed by atoms with van der Waals surface area (Å²) in [6.45, 7) is 10.4. The van der Waals surface area contributed by atoms with E-state index in [-0.39, 0.29) is 6.61 Å². The van der Waals surface area contributed by atoms with Gasteiger partial charge < -0.3 is 9.84 Å². The van der Waals surface area contributed by atoms with Crippen molar-refractivity contribution < 1.29 is 9.84 Å². The van der Waals surface area contributed by atoms with Crippen LogP contribution in [0, 0.1) is 5.41 Å². The number of methoxy groups -OCH3 is 1. The van der Waals surface area contributed by atoms with Gasteiger partial charge in [0.2, 0.25) is 0 Å². The van der Waals surface area contributed by atoms with E-state index < -0.39 is 0 Å². The van der Waals surface area contributed by atoms with E-state index in [0.717, 1.165) is 32.7 Å². The van der Waals surface area contributed by atoms with Gasteiger partial charge in [0.15, 0.2) is 0 Å². The predicted molar refractivity (Wildman–Crippen MR) is 59.5 cm³/mol. The number of hydrogen-bond donors (Lipinski definition) is 1. The highest BCUT2D eigenvalue weighted by Crippen LogP contribution is 2.18. The second-order valence-corrected chi connectivity index (χ2v) is 4.87. The van der Waals surface area contributed by atoms with Crippen LogP contribution in [0.25, 0.3) is 0 Å². The average molecular weight is 203 g/mol. The first-order chi connectivity index (χ1) is 6.49. The van der Waals surface area contributed by atoms with Gasteiger partial charge in [0.1, 0.15) is 0 Å². The lowest BCUT2D eigenvalue weighted by Crippen LogP contribution is -2.33. The molecule has 14 heavy (non-hydrogen) atoms. The number of hydrogen-bond acceptors (Lipinski definition) is 3. The van der Waals surface area contributed by atoms with Crippen molar-refractivity contribution in [3.05, 3.63) is 0 Å². The molecule has 0 bridgehead atoms. The Morgan fingerprint density at radius 2 is 1.79 bits per heavy atom. The number of nitrogens with zero attached hydrogens (tertiary/aromatic N) is 1. The van der Waals surface area contributed by atoms with Crippen LogP contribution in [-0.2, 0) is 4.74 Å². The lowest BCUT2D eigenvalue weighted by atomic mass is 9.92. The summed E-state index contributed by atoms with van der Waals surface area (Å²) in [5.41, 5.74) is 0.362. The molecule has 0 fully saturated rings. The summed E-state index contributed by atoms with van der Waals surface area (Å²) in [5.74, 6) is 0. The zero-order valence-corrected chi connectivity index (χ0v) is 10.0. The van der Waals surface area contributed by atoms with Crippen LogP contribution >= 0.6 is 0 Å². The van der Waals surface area contributed by atoms with Gasteiger partial charge in [-0.25, -0.2) is 0 Å². The van der Waals surface area contributed by atoms with Crippen LogP contribution in [0.3, 0.4) is 0 Å². The standard InChI is InChI=1S/C11H25NO2/c1-11(2,3)5-6-12(7-9-13)8-10-14-4/h13H,5-10H2,1-4H3. The first kappa shape index (κ1) is 13.9.